The van der Waals surface area contributed by atoms with Gasteiger partial charge in [0.05, 0.1) is 27.0 Å². The summed E-state index contributed by atoms with van der Waals surface area (Å²) in [6.45, 7) is 3.44. The zero-order chi connectivity index (χ0) is 30.3. The number of aliphatic hydroxyl groups is 1. The van der Waals surface area contributed by atoms with Gasteiger partial charge in [-0.1, -0.05) is 25.4 Å². The topological polar surface area (TPSA) is 114 Å². The van der Waals surface area contributed by atoms with Crippen LogP contribution in [0.15, 0.2) is 12.3 Å². The predicted octanol–water partition coefficient (Wildman–Crippen LogP) is 5.14. The van der Waals surface area contributed by atoms with Crippen molar-refractivity contribution in [1.29, 1.82) is 0 Å². The van der Waals surface area contributed by atoms with Crippen LogP contribution in [0.5, 0.6) is 0 Å². The largest absolute Gasteiger partial charge is 0.394 e. The van der Waals surface area contributed by atoms with Gasteiger partial charge in [0.2, 0.25) is 0 Å². The Balaban J connectivity index is 1.87. The number of nitrogens with one attached hydrogen (secondary N) is 1. The first-order valence-corrected chi connectivity index (χ1v) is 14.9. The molecule has 3 rings (SSSR count). The van der Waals surface area contributed by atoms with E-state index in [4.69, 9.17) is 11.6 Å². The summed E-state index contributed by atoms with van der Waals surface area (Å²) in [7, 11) is -3.25. The summed E-state index contributed by atoms with van der Waals surface area (Å²) >= 11 is 6.45. The highest BCUT2D eigenvalue weighted by Crippen LogP contribution is 2.42. The number of hydrogen-bond acceptors (Lipinski definition) is 6. The third kappa shape index (κ3) is 6.93. The van der Waals surface area contributed by atoms with Gasteiger partial charge in [-0.2, -0.15) is 18.3 Å². The molecule has 0 spiro atoms. The van der Waals surface area contributed by atoms with E-state index in [2.05, 4.69) is 15.4 Å². The number of carbonyl (C=O) groups is 1. The summed E-state index contributed by atoms with van der Waals surface area (Å²) in [5.74, 6) is -0.785. The van der Waals surface area contributed by atoms with Crippen LogP contribution in [0.1, 0.15) is 74.6 Å². The van der Waals surface area contributed by atoms with Crippen molar-refractivity contribution in [3.05, 3.63) is 34.2 Å². The van der Waals surface area contributed by atoms with Crippen molar-refractivity contribution in [3.63, 3.8) is 0 Å². The number of sulfone groups is 1. The van der Waals surface area contributed by atoms with Gasteiger partial charge >= 0.3 is 6.18 Å². The second kappa shape index (κ2) is 11.5. The van der Waals surface area contributed by atoms with Crippen LogP contribution in [0, 0.1) is 5.41 Å². The number of aryl methyl sites for hydroxylation is 1. The van der Waals surface area contributed by atoms with Crippen molar-refractivity contribution in [1.82, 2.24) is 20.1 Å². The van der Waals surface area contributed by atoms with Crippen LogP contribution in [0.2, 0.25) is 5.02 Å². The van der Waals surface area contributed by atoms with Gasteiger partial charge in [-0.05, 0) is 38.7 Å². The highest BCUT2D eigenvalue weighted by Gasteiger charge is 2.47. The van der Waals surface area contributed by atoms with Crippen molar-refractivity contribution < 1.29 is 40.3 Å². The molecule has 2 aromatic heterocycles. The van der Waals surface area contributed by atoms with Crippen LogP contribution in [0.25, 0.3) is 11.3 Å². The molecule has 0 aliphatic heterocycles. The molecular weight excluding hydrogens is 583 g/mol. The molecule has 0 saturated heterocycles. The highest BCUT2D eigenvalue weighted by molar-refractivity contribution is 7.91. The molecule has 1 aliphatic rings. The van der Waals surface area contributed by atoms with Crippen molar-refractivity contribution in [3.8, 4) is 11.3 Å². The Kier molecular flexibility index (Phi) is 9.27. The van der Waals surface area contributed by atoms with E-state index < -0.39 is 56.6 Å². The average Bonchev–Trinajstić information content (AvgIpc) is 3.17. The fraction of sp³-hybridized carbons (Fsp3) is 0.640. The lowest BCUT2D eigenvalue weighted by Gasteiger charge is -2.35. The minimum absolute atomic E-state index is 0.0499. The molecule has 1 amide bonds. The molecule has 1 saturated carbocycles. The molecule has 0 radical (unpaired) electrons. The Labute approximate surface area is 234 Å². The van der Waals surface area contributed by atoms with E-state index in [0.717, 1.165) is 32.4 Å². The number of halogens is 6. The fourth-order valence-corrected chi connectivity index (χ4v) is 6.09. The van der Waals surface area contributed by atoms with E-state index in [1.807, 2.05) is 0 Å². The molecule has 0 aromatic carbocycles. The van der Waals surface area contributed by atoms with Crippen LogP contribution in [0.3, 0.4) is 0 Å². The molecule has 40 heavy (non-hydrogen) atoms. The van der Waals surface area contributed by atoms with E-state index in [0.29, 0.717) is 0 Å². The average molecular weight is 615 g/mol. The molecule has 2 heterocycles. The SMILES string of the molecule is CCn1nc(C(=O)NCC2(O)CCC(S(C)(=O)=O)CC2)c(Cl)c1-c1cnc(CC(C)(C)C(F)(F)F)cc1C(F)F. The summed E-state index contributed by atoms with van der Waals surface area (Å²) in [4.78, 5) is 16.9. The standard InChI is InChI=1S/C25H32ClF5N4O4S/c1-5-35-20(17-12-32-14(10-16(17)21(27)28)11-23(2,3)25(29,30)31)18(26)19(34-35)22(36)33-13-24(37)8-6-15(7-9-24)40(4,38)39/h10,12,15,21,37H,5-9,11,13H2,1-4H3,(H,33,36). The lowest BCUT2D eigenvalue weighted by Crippen LogP contribution is -2.47. The lowest BCUT2D eigenvalue weighted by molar-refractivity contribution is -0.211. The van der Waals surface area contributed by atoms with Crippen molar-refractivity contribution in [2.45, 2.75) is 82.9 Å². The molecule has 2 aromatic rings. The number of carbonyl (C=O) groups excluding carboxylic acids is 1. The van der Waals surface area contributed by atoms with Gasteiger partial charge in [0.1, 0.15) is 9.84 Å². The molecule has 0 bridgehead atoms. The van der Waals surface area contributed by atoms with Gasteiger partial charge in [0.15, 0.2) is 5.69 Å². The van der Waals surface area contributed by atoms with Crippen LogP contribution in [-0.2, 0) is 22.8 Å². The molecule has 15 heteroatoms. The van der Waals surface area contributed by atoms with Gasteiger partial charge in [-0.15, -0.1) is 0 Å². The van der Waals surface area contributed by atoms with E-state index in [1.54, 1.807) is 6.92 Å². The first-order valence-electron chi connectivity index (χ1n) is 12.6. The van der Waals surface area contributed by atoms with E-state index >= 15 is 0 Å². The van der Waals surface area contributed by atoms with E-state index in [9.17, 15) is 40.3 Å². The molecule has 0 unspecified atom stereocenters. The summed E-state index contributed by atoms with van der Waals surface area (Å²) in [5, 5.41) is 16.7. The van der Waals surface area contributed by atoms with Crippen LogP contribution in [-0.4, -0.2) is 64.0 Å². The maximum absolute atomic E-state index is 14.1. The Bertz CT molecular complexity index is 1350. The fourth-order valence-electron chi connectivity index (χ4n) is 4.68. The van der Waals surface area contributed by atoms with Crippen LogP contribution >= 0.6 is 11.6 Å². The van der Waals surface area contributed by atoms with E-state index in [-0.39, 0.29) is 66.4 Å². The molecule has 2 N–H and O–H groups in total. The minimum Gasteiger partial charge on any atom is -0.388 e. The normalized spacial score (nSPS) is 20.6. The molecule has 8 nitrogen and oxygen atoms in total. The zero-order valence-corrected chi connectivity index (χ0v) is 24.0. The van der Waals surface area contributed by atoms with Gasteiger partial charge in [-0.25, -0.2) is 17.2 Å². The van der Waals surface area contributed by atoms with Crippen LogP contribution < -0.4 is 5.32 Å². The number of hydrogen-bond donors (Lipinski definition) is 2. The quantitative estimate of drug-likeness (QED) is 0.378. The van der Waals surface area contributed by atoms with Crippen molar-refractivity contribution in [2.75, 3.05) is 12.8 Å². The summed E-state index contributed by atoms with van der Waals surface area (Å²) in [5.41, 5.74) is -4.87. The predicted molar refractivity (Wildman–Crippen MR) is 139 cm³/mol. The molecule has 224 valence electrons. The summed E-state index contributed by atoms with van der Waals surface area (Å²) < 4.78 is 93.0. The minimum atomic E-state index is -4.58. The first kappa shape index (κ1) is 32.2. The smallest absolute Gasteiger partial charge is 0.388 e. The number of rotatable bonds is 9. The third-order valence-electron chi connectivity index (χ3n) is 7.33. The second-order valence-electron chi connectivity index (χ2n) is 10.9. The Morgan fingerprint density at radius 1 is 1.27 bits per heavy atom. The molecule has 1 fully saturated rings. The molecule has 0 atom stereocenters. The number of amides is 1. The Morgan fingerprint density at radius 2 is 1.88 bits per heavy atom. The van der Waals surface area contributed by atoms with Gasteiger partial charge in [-0.3, -0.25) is 14.5 Å². The summed E-state index contributed by atoms with van der Waals surface area (Å²) in [6, 6.07) is 0.902. The van der Waals surface area contributed by atoms with Gasteiger partial charge in [0.25, 0.3) is 12.3 Å². The maximum atomic E-state index is 14.1. The lowest BCUT2D eigenvalue weighted by atomic mass is 9.84. The third-order valence-corrected chi connectivity index (χ3v) is 9.37. The zero-order valence-electron chi connectivity index (χ0n) is 22.4. The molecular formula is C25H32ClF5N4O4S. The van der Waals surface area contributed by atoms with Gasteiger partial charge in [0, 0.05) is 48.8 Å². The van der Waals surface area contributed by atoms with Crippen molar-refractivity contribution >= 4 is 27.3 Å². The van der Waals surface area contributed by atoms with E-state index in [1.165, 1.54) is 4.68 Å². The molecule has 1 aliphatic carbocycles. The first-order chi connectivity index (χ1) is 18.3. The number of nitrogens with zero attached hydrogens (tertiary/aromatic N) is 3. The summed E-state index contributed by atoms with van der Waals surface area (Å²) in [6.07, 6.45) is -5.38. The van der Waals surface area contributed by atoms with Gasteiger partial charge < -0.3 is 10.4 Å². The number of aromatic nitrogens is 3. The van der Waals surface area contributed by atoms with Crippen LogP contribution in [0.4, 0.5) is 22.0 Å². The second-order valence-corrected chi connectivity index (χ2v) is 13.6. The monoisotopic (exact) mass is 614 g/mol. The van der Waals surface area contributed by atoms with Crippen molar-refractivity contribution in [2.24, 2.45) is 5.41 Å². The Morgan fingerprint density at radius 3 is 2.38 bits per heavy atom. The number of alkyl halides is 5. The maximum Gasteiger partial charge on any atom is 0.394 e. The number of pyridine rings is 1. The Hall–Kier alpha value is -2.32. The highest BCUT2D eigenvalue weighted by atomic mass is 35.5.